The summed E-state index contributed by atoms with van der Waals surface area (Å²) >= 11 is 0. The first-order valence-corrected chi connectivity index (χ1v) is 9.49. The molecule has 1 unspecified atom stereocenters. The highest BCUT2D eigenvalue weighted by Gasteiger charge is 2.31. The molecule has 1 saturated carbocycles. The van der Waals surface area contributed by atoms with Crippen molar-refractivity contribution in [3.8, 4) is 0 Å². The largest absolute Gasteiger partial charge is 0.351 e. The third-order valence-electron chi connectivity index (χ3n) is 5.56. The Morgan fingerprint density at radius 3 is 2.65 bits per heavy atom. The first-order valence-electron chi connectivity index (χ1n) is 9.49. The highest BCUT2D eigenvalue weighted by Crippen LogP contribution is 2.34. The number of nitrogens with one attached hydrogen (secondary N) is 1. The first-order chi connectivity index (χ1) is 12.5. The van der Waals surface area contributed by atoms with E-state index in [1.807, 2.05) is 36.9 Å². The predicted molar refractivity (Wildman–Crippen MR) is 104 cm³/mol. The van der Waals surface area contributed by atoms with E-state index < -0.39 is 0 Å². The van der Waals surface area contributed by atoms with Crippen molar-refractivity contribution in [3.05, 3.63) is 52.8 Å². The maximum absolute atomic E-state index is 12.3. The Morgan fingerprint density at radius 2 is 2.00 bits per heavy atom. The van der Waals surface area contributed by atoms with Crippen LogP contribution in [0.1, 0.15) is 42.3 Å². The van der Waals surface area contributed by atoms with Crippen LogP contribution in [0, 0.1) is 19.8 Å². The third kappa shape index (κ3) is 4.52. The number of nitrogens with zero attached hydrogens (tertiary/aromatic N) is 3. The maximum atomic E-state index is 12.3. The van der Waals surface area contributed by atoms with Crippen LogP contribution >= 0.6 is 0 Å². The van der Waals surface area contributed by atoms with Gasteiger partial charge in [0.25, 0.3) is 0 Å². The zero-order valence-electron chi connectivity index (χ0n) is 16.3. The number of aryl methyl sites for hydroxylation is 1. The molecule has 0 saturated heterocycles. The van der Waals surface area contributed by atoms with Gasteiger partial charge in [-0.2, -0.15) is 5.10 Å². The van der Waals surface area contributed by atoms with E-state index in [0.717, 1.165) is 29.4 Å². The van der Waals surface area contributed by atoms with Crippen molar-refractivity contribution >= 4 is 5.91 Å². The molecule has 1 aromatic heterocycles. The molecule has 1 amide bonds. The first kappa shape index (κ1) is 18.6. The lowest BCUT2D eigenvalue weighted by molar-refractivity contribution is -0.122. The van der Waals surface area contributed by atoms with Crippen LogP contribution in [0.3, 0.4) is 0 Å². The molecule has 1 heterocycles. The van der Waals surface area contributed by atoms with Gasteiger partial charge in [-0.15, -0.1) is 0 Å². The molecular formula is C21H30N4O. The summed E-state index contributed by atoms with van der Waals surface area (Å²) in [5.41, 5.74) is 4.45. The second-order valence-electron chi connectivity index (χ2n) is 7.56. The standard InChI is InChI=1S/C21H30N4O/c1-15-20(12-22-21(26)14-24(4)16(2)19-10-11-19)17(3)25(23-15)13-18-8-6-5-7-9-18/h5-9,16,19H,10-14H2,1-4H3,(H,22,26). The van der Waals surface area contributed by atoms with Crippen LogP contribution < -0.4 is 5.32 Å². The number of hydrogen-bond donors (Lipinski definition) is 1. The number of amides is 1. The van der Waals surface area contributed by atoms with Gasteiger partial charge in [0.1, 0.15) is 0 Å². The van der Waals surface area contributed by atoms with Gasteiger partial charge in [0, 0.05) is 23.8 Å². The fraction of sp³-hybridized carbons (Fsp3) is 0.524. The monoisotopic (exact) mass is 354 g/mol. The Labute approximate surface area is 156 Å². The molecule has 0 bridgehead atoms. The van der Waals surface area contributed by atoms with Crippen molar-refractivity contribution in [1.82, 2.24) is 20.0 Å². The molecule has 0 aliphatic heterocycles. The van der Waals surface area contributed by atoms with Gasteiger partial charge in [-0.05, 0) is 52.1 Å². The Morgan fingerprint density at radius 1 is 1.31 bits per heavy atom. The third-order valence-corrected chi connectivity index (χ3v) is 5.56. The van der Waals surface area contributed by atoms with Crippen molar-refractivity contribution in [1.29, 1.82) is 0 Å². The molecule has 3 rings (SSSR count). The number of aromatic nitrogens is 2. The van der Waals surface area contributed by atoms with Gasteiger partial charge in [-0.1, -0.05) is 30.3 Å². The summed E-state index contributed by atoms with van der Waals surface area (Å²) in [7, 11) is 2.04. The summed E-state index contributed by atoms with van der Waals surface area (Å²) in [6, 6.07) is 10.8. The molecule has 26 heavy (non-hydrogen) atoms. The molecule has 1 fully saturated rings. The van der Waals surface area contributed by atoms with E-state index in [1.165, 1.54) is 18.4 Å². The van der Waals surface area contributed by atoms with Crippen LogP contribution in [0.2, 0.25) is 0 Å². The Balaban J connectivity index is 1.56. The van der Waals surface area contributed by atoms with E-state index in [4.69, 9.17) is 0 Å². The molecule has 140 valence electrons. The summed E-state index contributed by atoms with van der Waals surface area (Å²) in [6.45, 7) is 8.05. The zero-order valence-corrected chi connectivity index (χ0v) is 16.3. The number of benzene rings is 1. The lowest BCUT2D eigenvalue weighted by atomic mass is 10.2. The van der Waals surface area contributed by atoms with Crippen molar-refractivity contribution in [2.45, 2.75) is 52.7 Å². The molecule has 0 spiro atoms. The topological polar surface area (TPSA) is 50.2 Å². The average molecular weight is 354 g/mol. The second kappa shape index (κ2) is 8.04. The molecule has 1 N–H and O–H groups in total. The number of carbonyl (C=O) groups excluding carboxylic acids is 1. The van der Waals surface area contributed by atoms with Gasteiger partial charge < -0.3 is 5.32 Å². The molecule has 5 heteroatoms. The van der Waals surface area contributed by atoms with Crippen molar-refractivity contribution in [2.75, 3.05) is 13.6 Å². The number of likely N-dealkylation sites (N-methyl/N-ethyl adjacent to an activating group) is 1. The fourth-order valence-electron chi connectivity index (χ4n) is 3.45. The van der Waals surface area contributed by atoms with E-state index in [-0.39, 0.29) is 5.91 Å². The lowest BCUT2D eigenvalue weighted by Gasteiger charge is -2.23. The average Bonchev–Trinajstić information content (AvgIpc) is 3.42. The van der Waals surface area contributed by atoms with Crippen LogP contribution in [0.5, 0.6) is 0 Å². The number of hydrogen-bond acceptors (Lipinski definition) is 3. The molecule has 1 aliphatic carbocycles. The molecule has 1 atom stereocenters. The molecule has 1 aromatic carbocycles. The summed E-state index contributed by atoms with van der Waals surface area (Å²) in [4.78, 5) is 14.5. The van der Waals surface area contributed by atoms with E-state index >= 15 is 0 Å². The van der Waals surface area contributed by atoms with Crippen molar-refractivity contribution in [2.24, 2.45) is 5.92 Å². The summed E-state index contributed by atoms with van der Waals surface area (Å²) in [5, 5.41) is 7.73. The summed E-state index contributed by atoms with van der Waals surface area (Å²) in [5.74, 6) is 0.850. The van der Waals surface area contributed by atoms with Gasteiger partial charge in [-0.3, -0.25) is 14.4 Å². The summed E-state index contributed by atoms with van der Waals surface area (Å²) < 4.78 is 2.02. The molecule has 0 radical (unpaired) electrons. The van der Waals surface area contributed by atoms with Gasteiger partial charge in [-0.25, -0.2) is 0 Å². The minimum Gasteiger partial charge on any atom is -0.351 e. The predicted octanol–water partition coefficient (Wildman–Crippen LogP) is 2.89. The van der Waals surface area contributed by atoms with Gasteiger partial charge in [0.05, 0.1) is 18.8 Å². The molecule has 5 nitrogen and oxygen atoms in total. The quantitative estimate of drug-likeness (QED) is 0.793. The fourth-order valence-corrected chi connectivity index (χ4v) is 3.45. The van der Waals surface area contributed by atoms with Crippen molar-refractivity contribution in [3.63, 3.8) is 0 Å². The van der Waals surface area contributed by atoms with Crippen LogP contribution in [-0.4, -0.2) is 40.2 Å². The number of rotatable bonds is 8. The van der Waals surface area contributed by atoms with E-state index in [2.05, 4.69) is 41.3 Å². The zero-order chi connectivity index (χ0) is 18.7. The lowest BCUT2D eigenvalue weighted by Crippen LogP contribution is -2.40. The minimum atomic E-state index is 0.0783. The van der Waals surface area contributed by atoms with Crippen LogP contribution in [-0.2, 0) is 17.9 Å². The number of carbonyl (C=O) groups is 1. The Kier molecular flexibility index (Phi) is 5.77. The van der Waals surface area contributed by atoms with E-state index in [0.29, 0.717) is 19.1 Å². The Hall–Kier alpha value is -2.14. The molecule has 2 aromatic rings. The van der Waals surface area contributed by atoms with E-state index in [9.17, 15) is 4.79 Å². The normalized spacial score (nSPS) is 15.3. The highest BCUT2D eigenvalue weighted by atomic mass is 16.2. The van der Waals surface area contributed by atoms with Crippen LogP contribution in [0.25, 0.3) is 0 Å². The molecule has 1 aliphatic rings. The minimum absolute atomic E-state index is 0.0783. The van der Waals surface area contributed by atoms with Crippen molar-refractivity contribution < 1.29 is 4.79 Å². The van der Waals surface area contributed by atoms with Gasteiger partial charge >= 0.3 is 0 Å². The second-order valence-corrected chi connectivity index (χ2v) is 7.56. The smallest absolute Gasteiger partial charge is 0.234 e. The van der Waals surface area contributed by atoms with E-state index in [1.54, 1.807) is 0 Å². The van der Waals surface area contributed by atoms with Gasteiger partial charge in [0.2, 0.25) is 5.91 Å². The Bertz CT molecular complexity index is 749. The maximum Gasteiger partial charge on any atom is 0.234 e. The van der Waals surface area contributed by atoms with Crippen LogP contribution in [0.15, 0.2) is 30.3 Å². The SMILES string of the molecule is Cc1nn(Cc2ccccc2)c(C)c1CNC(=O)CN(C)C(C)C1CC1. The summed E-state index contributed by atoms with van der Waals surface area (Å²) in [6.07, 6.45) is 2.60. The highest BCUT2D eigenvalue weighted by molar-refractivity contribution is 5.78. The molecular weight excluding hydrogens is 324 g/mol. The van der Waals surface area contributed by atoms with Crippen LogP contribution in [0.4, 0.5) is 0 Å². The van der Waals surface area contributed by atoms with Gasteiger partial charge in [0.15, 0.2) is 0 Å².